The summed E-state index contributed by atoms with van der Waals surface area (Å²) in [6.07, 6.45) is 1.67. The second kappa shape index (κ2) is 3.65. The monoisotopic (exact) mass is 114 g/mol. The Bertz CT molecular complexity index is 68.5. The summed E-state index contributed by atoms with van der Waals surface area (Å²) < 4.78 is 0. The minimum absolute atomic E-state index is 0.433. The summed E-state index contributed by atoms with van der Waals surface area (Å²) in [6.45, 7) is 6.10. The van der Waals surface area contributed by atoms with Crippen molar-refractivity contribution in [1.29, 1.82) is 0 Å². The number of hydrogen-bond donors (Lipinski definition) is 0. The first-order valence-corrected chi connectivity index (χ1v) is 3.31. The Labute approximate surface area is 51.1 Å². The van der Waals surface area contributed by atoms with Crippen LogP contribution in [-0.4, -0.2) is 5.78 Å². The Morgan fingerprint density at radius 3 is 1.75 bits per heavy atom. The molecule has 0 amide bonds. The van der Waals surface area contributed by atoms with Gasteiger partial charge in [0, 0.05) is 12.8 Å². The molecule has 1 rings (SSSR count). The number of carbonyl (C=O) groups is 1. The number of rotatable bonds is 0. The quantitative estimate of drug-likeness (QED) is 0.471. The van der Waals surface area contributed by atoms with Crippen LogP contribution in [0.5, 0.6) is 0 Å². The molecule has 1 aliphatic carbocycles. The molecular weight excluding hydrogens is 100 g/mol. The molecule has 0 N–H and O–H groups in total. The van der Waals surface area contributed by atoms with E-state index in [1.165, 1.54) is 0 Å². The molecule has 1 fully saturated rings. The second-order valence-electron chi connectivity index (χ2n) is 2.05. The first-order chi connectivity index (χ1) is 3.79. The molecule has 1 nitrogen and oxygen atoms in total. The molecule has 0 aromatic carbocycles. The molecule has 0 aromatic heterocycles. The van der Waals surface area contributed by atoms with Gasteiger partial charge in [-0.15, -0.1) is 0 Å². The highest BCUT2D eigenvalue weighted by Gasteiger charge is 2.20. The van der Waals surface area contributed by atoms with Crippen molar-refractivity contribution in [2.24, 2.45) is 5.92 Å². The van der Waals surface area contributed by atoms with Crippen molar-refractivity contribution >= 4 is 5.78 Å². The van der Waals surface area contributed by atoms with E-state index in [-0.39, 0.29) is 0 Å². The molecule has 1 saturated carbocycles. The van der Waals surface area contributed by atoms with E-state index in [1.807, 2.05) is 13.8 Å². The fraction of sp³-hybridized carbons (Fsp3) is 0.857. The van der Waals surface area contributed by atoms with Crippen LogP contribution in [0.25, 0.3) is 0 Å². The van der Waals surface area contributed by atoms with Crippen molar-refractivity contribution in [3.05, 3.63) is 0 Å². The van der Waals surface area contributed by atoms with Crippen LogP contribution in [0.2, 0.25) is 0 Å². The molecular formula is C7H14O. The summed E-state index contributed by atoms with van der Waals surface area (Å²) in [4.78, 5) is 10.1. The topological polar surface area (TPSA) is 17.1 Å². The lowest BCUT2D eigenvalue weighted by Gasteiger charge is -2.17. The smallest absolute Gasteiger partial charge is 0.133 e. The van der Waals surface area contributed by atoms with E-state index in [1.54, 1.807) is 0 Å². The van der Waals surface area contributed by atoms with Crippen molar-refractivity contribution < 1.29 is 4.79 Å². The highest BCUT2D eigenvalue weighted by Crippen LogP contribution is 2.20. The maximum absolute atomic E-state index is 10.1. The largest absolute Gasteiger partial charge is 0.300 e. The van der Waals surface area contributed by atoms with Gasteiger partial charge < -0.3 is 0 Å². The van der Waals surface area contributed by atoms with Crippen molar-refractivity contribution in [2.75, 3.05) is 0 Å². The Morgan fingerprint density at radius 1 is 1.38 bits per heavy atom. The summed E-state index contributed by atoms with van der Waals surface area (Å²) >= 11 is 0. The van der Waals surface area contributed by atoms with Crippen LogP contribution in [-0.2, 0) is 4.79 Å². The fourth-order valence-corrected chi connectivity index (χ4v) is 0.718. The van der Waals surface area contributed by atoms with Crippen molar-refractivity contribution in [2.45, 2.75) is 33.6 Å². The Hall–Kier alpha value is -0.330. The minimum Gasteiger partial charge on any atom is -0.300 e. The number of Topliss-reactive ketones (excluding diaryl/α,β-unsaturated/α-hetero) is 1. The first-order valence-electron chi connectivity index (χ1n) is 3.31. The van der Waals surface area contributed by atoms with Gasteiger partial charge in [0.25, 0.3) is 0 Å². The molecule has 0 radical (unpaired) electrons. The zero-order chi connectivity index (χ0) is 6.57. The Kier molecular flexibility index (Phi) is 3.49. The molecule has 0 saturated heterocycles. The maximum Gasteiger partial charge on any atom is 0.133 e. The zero-order valence-electron chi connectivity index (χ0n) is 5.90. The van der Waals surface area contributed by atoms with Gasteiger partial charge >= 0.3 is 0 Å². The molecule has 0 spiro atoms. The molecule has 0 unspecified atom stereocenters. The predicted molar refractivity (Wildman–Crippen MR) is 34.8 cm³/mol. The Balaban J connectivity index is 0.000000222. The van der Waals surface area contributed by atoms with Crippen LogP contribution in [0.15, 0.2) is 0 Å². The van der Waals surface area contributed by atoms with Gasteiger partial charge in [0.05, 0.1) is 0 Å². The first kappa shape index (κ1) is 7.67. The van der Waals surface area contributed by atoms with Gasteiger partial charge in [-0.25, -0.2) is 0 Å². The molecule has 0 atom stereocenters. The predicted octanol–water partition coefficient (Wildman–Crippen LogP) is 2.01. The second-order valence-corrected chi connectivity index (χ2v) is 2.05. The van der Waals surface area contributed by atoms with Gasteiger partial charge in [-0.05, 0) is 5.92 Å². The van der Waals surface area contributed by atoms with Crippen molar-refractivity contribution in [3.63, 3.8) is 0 Å². The fourth-order valence-electron chi connectivity index (χ4n) is 0.718. The summed E-state index contributed by atoms with van der Waals surface area (Å²) in [6, 6.07) is 0. The highest BCUT2D eigenvalue weighted by atomic mass is 16.1. The lowest BCUT2D eigenvalue weighted by atomic mass is 9.86. The van der Waals surface area contributed by atoms with Gasteiger partial charge in [0.15, 0.2) is 0 Å². The zero-order valence-corrected chi connectivity index (χ0v) is 5.90. The van der Waals surface area contributed by atoms with Crippen LogP contribution >= 0.6 is 0 Å². The summed E-state index contributed by atoms with van der Waals surface area (Å²) in [5, 5.41) is 0. The third kappa shape index (κ3) is 2.10. The molecule has 48 valence electrons. The van der Waals surface area contributed by atoms with Gasteiger partial charge in [-0.3, -0.25) is 4.79 Å². The standard InChI is InChI=1S/C5H8O.C2H6/c1-4-2-5(6)3-4;1-2/h4H,2-3H2,1H3;1-2H3. The molecule has 0 aliphatic heterocycles. The number of carbonyl (C=O) groups excluding carboxylic acids is 1. The SMILES string of the molecule is CC.CC1CC(=O)C1. The lowest BCUT2D eigenvalue weighted by Crippen LogP contribution is -2.19. The van der Waals surface area contributed by atoms with Gasteiger partial charge in [-0.2, -0.15) is 0 Å². The Morgan fingerprint density at radius 2 is 1.75 bits per heavy atom. The number of ketones is 1. The lowest BCUT2D eigenvalue weighted by molar-refractivity contribution is -0.126. The molecule has 0 bridgehead atoms. The molecule has 1 aliphatic rings. The molecule has 0 heterocycles. The van der Waals surface area contributed by atoms with Crippen LogP contribution in [0, 0.1) is 5.92 Å². The van der Waals surface area contributed by atoms with Gasteiger partial charge in [-0.1, -0.05) is 20.8 Å². The van der Waals surface area contributed by atoms with E-state index >= 15 is 0 Å². The van der Waals surface area contributed by atoms with Crippen LogP contribution in [0.4, 0.5) is 0 Å². The molecule has 1 heteroatoms. The van der Waals surface area contributed by atoms with E-state index in [2.05, 4.69) is 6.92 Å². The summed E-state index contributed by atoms with van der Waals surface area (Å²) in [5.74, 6) is 1.13. The molecule has 8 heavy (non-hydrogen) atoms. The van der Waals surface area contributed by atoms with Crippen LogP contribution in [0.1, 0.15) is 33.6 Å². The van der Waals surface area contributed by atoms with Crippen LogP contribution in [0.3, 0.4) is 0 Å². The third-order valence-corrected chi connectivity index (χ3v) is 1.15. The van der Waals surface area contributed by atoms with E-state index in [0.29, 0.717) is 11.7 Å². The third-order valence-electron chi connectivity index (χ3n) is 1.15. The van der Waals surface area contributed by atoms with E-state index in [0.717, 1.165) is 12.8 Å². The highest BCUT2D eigenvalue weighted by molar-refractivity contribution is 5.84. The average Bonchev–Trinajstić information content (AvgIpc) is 1.70. The van der Waals surface area contributed by atoms with Gasteiger partial charge in [0.1, 0.15) is 5.78 Å². The van der Waals surface area contributed by atoms with Gasteiger partial charge in [0.2, 0.25) is 0 Å². The molecule has 0 aromatic rings. The van der Waals surface area contributed by atoms with Crippen molar-refractivity contribution in [3.8, 4) is 0 Å². The summed E-state index contributed by atoms with van der Waals surface area (Å²) in [5.41, 5.74) is 0. The van der Waals surface area contributed by atoms with Crippen LogP contribution < -0.4 is 0 Å². The van der Waals surface area contributed by atoms with Crippen molar-refractivity contribution in [1.82, 2.24) is 0 Å². The minimum atomic E-state index is 0.433. The average molecular weight is 114 g/mol. The van der Waals surface area contributed by atoms with E-state index in [4.69, 9.17) is 0 Å². The maximum atomic E-state index is 10.1. The van der Waals surface area contributed by atoms with E-state index in [9.17, 15) is 4.79 Å². The summed E-state index contributed by atoms with van der Waals surface area (Å²) in [7, 11) is 0. The normalized spacial score (nSPS) is 18.6. The van der Waals surface area contributed by atoms with E-state index < -0.39 is 0 Å². The number of hydrogen-bond acceptors (Lipinski definition) is 1.